The van der Waals surface area contributed by atoms with Crippen LogP contribution in [0.4, 0.5) is 75.5 Å². The molecule has 0 saturated carbocycles. The van der Waals surface area contributed by atoms with E-state index in [1.807, 2.05) is 0 Å². The largest absolute Gasteiger partial charge is 3.00 e. The average molecular weight is 466 g/mol. The molecular weight excluding hydrogens is 466 g/mol. The summed E-state index contributed by atoms with van der Waals surface area (Å²) in [7, 11) is -32.0. The van der Waals surface area contributed by atoms with Gasteiger partial charge in [0.2, 0.25) is 0 Å². The molecule has 0 unspecified atom stereocenters. The average Bonchev–Trinajstić information content (AvgIpc) is 1.19. The summed E-state index contributed by atoms with van der Waals surface area (Å²) in [6, 6.07) is 0. The van der Waals surface area contributed by atoms with Crippen LogP contribution in [-0.2, 0) is 0 Å². The van der Waals surface area contributed by atoms with E-state index in [1.165, 1.54) is 0 Å². The fourth-order valence-electron chi connectivity index (χ4n) is 0. The number of hydrogen-bond acceptors (Lipinski definition) is 0. The van der Waals surface area contributed by atoms with Gasteiger partial charge in [-0.3, -0.25) is 0 Å². The van der Waals surface area contributed by atoms with Crippen LogP contribution < -0.4 is 0 Å². The summed E-state index contributed by atoms with van der Waals surface area (Å²) in [5, 5.41) is 0. The van der Waals surface area contributed by atoms with Gasteiger partial charge in [-0.25, -0.2) is 0 Å². The monoisotopic (exact) mass is 466 g/mol. The van der Waals surface area contributed by atoms with E-state index in [4.69, 9.17) is 0 Å². The molecule has 0 rings (SSSR count). The quantitative estimate of drug-likeness (QED) is 0.246. The van der Waals surface area contributed by atoms with Crippen molar-refractivity contribution in [1.82, 2.24) is 0 Å². The van der Waals surface area contributed by atoms with Gasteiger partial charge in [0.15, 0.2) is 0 Å². The van der Waals surface area contributed by atoms with Crippen molar-refractivity contribution in [3.8, 4) is 0 Å². The summed E-state index contributed by atoms with van der Waals surface area (Å²) in [5.74, 6) is 0. The van der Waals surface area contributed by atoms with E-state index in [9.17, 15) is 75.5 Å². The SMILES string of the molecule is F[P-](F)(F)(F)(F)F.F[P-](F)(F)(F)(F)F.F[P-](F)(F)(F)(F)F.[P+3]. The Kier molecular flexibility index (Phi) is 6.00. The van der Waals surface area contributed by atoms with Crippen molar-refractivity contribution in [1.29, 1.82) is 0 Å². The minimum atomic E-state index is -10.7. The van der Waals surface area contributed by atoms with Gasteiger partial charge >= 0.3 is 109 Å². The summed E-state index contributed by atoms with van der Waals surface area (Å²) >= 11 is 0. The van der Waals surface area contributed by atoms with Crippen LogP contribution in [0, 0.1) is 0 Å². The predicted molar refractivity (Wildman–Crippen MR) is 47.6 cm³/mol. The van der Waals surface area contributed by atoms with Crippen LogP contribution in [0.1, 0.15) is 0 Å². The molecule has 0 aromatic carbocycles. The second kappa shape index (κ2) is 4.35. The fraction of sp³-hybridized carbons (Fsp3) is 0. The summed E-state index contributed by atoms with van der Waals surface area (Å²) in [6.07, 6.45) is 0. The first-order valence-corrected chi connectivity index (χ1v) is 9.13. The molecule has 0 aliphatic heterocycles. The van der Waals surface area contributed by atoms with Crippen molar-refractivity contribution in [3.63, 3.8) is 0 Å². The zero-order valence-corrected chi connectivity index (χ0v) is 12.2. The smallest absolute Gasteiger partial charge is 3.00 e. The van der Waals surface area contributed by atoms with Crippen LogP contribution >= 0.6 is 33.3 Å². The van der Waals surface area contributed by atoms with Gasteiger partial charge in [-0.1, -0.05) is 0 Å². The molecule has 0 fully saturated rings. The Labute approximate surface area is 110 Å². The van der Waals surface area contributed by atoms with Crippen molar-refractivity contribution < 1.29 is 75.5 Å². The molecule has 0 amide bonds. The second-order valence-corrected chi connectivity index (χ2v) is 8.62. The molecule has 0 aromatic heterocycles. The van der Waals surface area contributed by atoms with Crippen molar-refractivity contribution in [2.24, 2.45) is 0 Å². The standard InChI is InChI=1S/3F6P.P/c3*1-7(2,3,4,5)6;/q3*-1;+3. The fourth-order valence-corrected chi connectivity index (χ4v) is 0. The van der Waals surface area contributed by atoms with E-state index >= 15 is 0 Å². The van der Waals surface area contributed by atoms with Gasteiger partial charge in [0.1, 0.15) is 0 Å². The van der Waals surface area contributed by atoms with Crippen molar-refractivity contribution in [2.75, 3.05) is 0 Å². The normalized spacial score (nSPS) is 22.1. The predicted octanol–water partition coefficient (Wildman–Crippen LogP) is 11.0. The maximum atomic E-state index is 9.87. The number of halogens is 18. The molecule has 0 heterocycles. The zero-order valence-electron chi connectivity index (χ0n) is 8.59. The molecule has 0 spiro atoms. The zero-order chi connectivity index (χ0) is 19.2. The molecule has 0 N–H and O–H groups in total. The molecule has 22 heteroatoms. The topological polar surface area (TPSA) is 0 Å². The maximum absolute atomic E-state index is 10.7. The van der Waals surface area contributed by atoms with Gasteiger partial charge in [-0.05, 0) is 0 Å². The van der Waals surface area contributed by atoms with E-state index < -0.39 is 23.4 Å². The first kappa shape index (κ1) is 30.4. The Morgan fingerprint density at radius 3 is 0.227 bits per heavy atom. The van der Waals surface area contributed by atoms with E-state index in [0.717, 1.165) is 0 Å². The number of hydrogen-bond donors (Lipinski definition) is 0. The van der Waals surface area contributed by atoms with Gasteiger partial charge < -0.3 is 0 Å². The maximum Gasteiger partial charge on any atom is 3.00 e. The molecule has 22 heavy (non-hydrogen) atoms. The van der Waals surface area contributed by atoms with E-state index in [1.54, 1.807) is 0 Å². The summed E-state index contributed by atoms with van der Waals surface area (Å²) in [4.78, 5) is 0. The first-order chi connectivity index (χ1) is 7.35. The molecule has 146 valence electrons. The molecular formula is F18P4. The molecule has 0 nitrogen and oxygen atoms in total. The Balaban J connectivity index is -0.000000108. The third kappa shape index (κ3) is 36600. The number of rotatable bonds is 0. The van der Waals surface area contributed by atoms with Crippen LogP contribution in [0.25, 0.3) is 0 Å². The van der Waals surface area contributed by atoms with Gasteiger partial charge in [-0.2, -0.15) is 0 Å². The van der Waals surface area contributed by atoms with Gasteiger partial charge in [0.25, 0.3) is 0 Å². The molecule has 0 aliphatic rings. The molecule has 2 radical (unpaired) electrons. The molecule has 0 bridgehead atoms. The van der Waals surface area contributed by atoms with E-state index in [2.05, 4.69) is 0 Å². The van der Waals surface area contributed by atoms with Crippen LogP contribution in [0.3, 0.4) is 0 Å². The van der Waals surface area contributed by atoms with E-state index in [0.29, 0.717) is 0 Å². The van der Waals surface area contributed by atoms with Crippen molar-refractivity contribution in [3.05, 3.63) is 0 Å². The molecule has 0 aliphatic carbocycles. The van der Waals surface area contributed by atoms with Gasteiger partial charge in [-0.15, -0.1) is 0 Å². The Hall–Kier alpha value is 0.460. The third-order valence-electron chi connectivity index (χ3n) is 0. The summed E-state index contributed by atoms with van der Waals surface area (Å²) < 4.78 is 178. The first-order valence-electron chi connectivity index (χ1n) is 3.04. The minimum absolute atomic E-state index is 0. The summed E-state index contributed by atoms with van der Waals surface area (Å²) in [6.45, 7) is 0. The molecule has 0 saturated heterocycles. The minimum Gasteiger partial charge on any atom is 3.00 e. The van der Waals surface area contributed by atoms with Crippen LogP contribution in [0.5, 0.6) is 0 Å². The Morgan fingerprint density at radius 2 is 0.227 bits per heavy atom. The van der Waals surface area contributed by atoms with Gasteiger partial charge in [0, 0.05) is 0 Å². The van der Waals surface area contributed by atoms with Crippen molar-refractivity contribution >= 4 is 33.3 Å². The second-order valence-electron chi connectivity index (χ2n) is 2.87. The van der Waals surface area contributed by atoms with E-state index in [-0.39, 0.29) is 9.90 Å². The third-order valence-corrected chi connectivity index (χ3v) is 0. The summed E-state index contributed by atoms with van der Waals surface area (Å²) in [5.41, 5.74) is 0. The Morgan fingerprint density at radius 1 is 0.227 bits per heavy atom. The van der Waals surface area contributed by atoms with Crippen LogP contribution in [0.2, 0.25) is 0 Å². The van der Waals surface area contributed by atoms with Crippen LogP contribution in [-0.4, -0.2) is 0 Å². The van der Waals surface area contributed by atoms with Gasteiger partial charge in [0.05, 0.1) is 0 Å². The molecule has 0 atom stereocenters. The van der Waals surface area contributed by atoms with Crippen LogP contribution in [0.15, 0.2) is 0 Å². The molecule has 0 aromatic rings. The van der Waals surface area contributed by atoms with Crippen molar-refractivity contribution in [2.45, 2.75) is 0 Å². The Bertz CT molecular complexity index is 262.